The summed E-state index contributed by atoms with van der Waals surface area (Å²) in [6.45, 7) is 0.340. The van der Waals surface area contributed by atoms with E-state index in [-0.39, 0.29) is 5.69 Å². The van der Waals surface area contributed by atoms with Crippen molar-refractivity contribution in [3.8, 4) is 5.75 Å². The van der Waals surface area contributed by atoms with E-state index in [1.54, 1.807) is 6.92 Å². The van der Waals surface area contributed by atoms with Crippen molar-refractivity contribution in [2.75, 3.05) is 5.32 Å². The molecule has 112 valence electrons. The van der Waals surface area contributed by atoms with E-state index in [0.717, 1.165) is 18.6 Å². The minimum atomic E-state index is -3.11. The SMILES string of the molecule is CCCC(C)(N)C(=O)Nc1ccc(OC(F)F)c(F)c1. The Balaban J connectivity index is 2.79. The number of amides is 1. The highest BCUT2D eigenvalue weighted by atomic mass is 19.3. The lowest BCUT2D eigenvalue weighted by Gasteiger charge is -2.22. The van der Waals surface area contributed by atoms with Gasteiger partial charge in [-0.05, 0) is 25.5 Å². The van der Waals surface area contributed by atoms with Crippen LogP contribution in [-0.2, 0) is 4.79 Å². The molecular formula is C13H17F3N2O2. The molecule has 1 aromatic rings. The molecule has 0 spiro atoms. The van der Waals surface area contributed by atoms with Crippen LogP contribution in [0.2, 0.25) is 0 Å². The first-order valence-corrected chi connectivity index (χ1v) is 6.11. The molecule has 1 rings (SSSR count). The van der Waals surface area contributed by atoms with Gasteiger partial charge in [-0.15, -0.1) is 0 Å². The lowest BCUT2D eigenvalue weighted by molar-refractivity contribution is -0.120. The number of benzene rings is 1. The van der Waals surface area contributed by atoms with Crippen LogP contribution in [-0.4, -0.2) is 18.1 Å². The molecule has 0 aliphatic carbocycles. The topological polar surface area (TPSA) is 64.4 Å². The van der Waals surface area contributed by atoms with E-state index >= 15 is 0 Å². The molecule has 0 bridgehead atoms. The molecule has 0 radical (unpaired) electrons. The second-order valence-corrected chi connectivity index (χ2v) is 4.65. The van der Waals surface area contributed by atoms with E-state index in [1.807, 2.05) is 6.92 Å². The molecule has 0 saturated carbocycles. The zero-order valence-electron chi connectivity index (χ0n) is 11.3. The van der Waals surface area contributed by atoms with Crippen molar-refractivity contribution < 1.29 is 22.7 Å². The predicted molar refractivity (Wildman–Crippen MR) is 69.2 cm³/mol. The molecule has 0 aromatic heterocycles. The lowest BCUT2D eigenvalue weighted by atomic mass is 9.96. The third kappa shape index (κ3) is 4.41. The lowest BCUT2D eigenvalue weighted by Crippen LogP contribution is -2.48. The molecule has 1 atom stereocenters. The van der Waals surface area contributed by atoms with Gasteiger partial charge in [-0.1, -0.05) is 13.3 Å². The Labute approximate surface area is 115 Å². The minimum absolute atomic E-state index is 0.127. The molecule has 0 saturated heterocycles. The van der Waals surface area contributed by atoms with Gasteiger partial charge in [0.15, 0.2) is 11.6 Å². The smallest absolute Gasteiger partial charge is 0.387 e. The largest absolute Gasteiger partial charge is 0.432 e. The fraction of sp³-hybridized carbons (Fsp3) is 0.462. The molecular weight excluding hydrogens is 273 g/mol. The third-order valence-corrected chi connectivity index (χ3v) is 2.69. The van der Waals surface area contributed by atoms with Crippen LogP contribution >= 0.6 is 0 Å². The van der Waals surface area contributed by atoms with E-state index in [4.69, 9.17) is 5.73 Å². The van der Waals surface area contributed by atoms with Gasteiger partial charge in [0.1, 0.15) is 0 Å². The molecule has 0 heterocycles. The van der Waals surface area contributed by atoms with Crippen LogP contribution in [0.1, 0.15) is 26.7 Å². The van der Waals surface area contributed by atoms with Crippen molar-refractivity contribution in [1.29, 1.82) is 0 Å². The highest BCUT2D eigenvalue weighted by molar-refractivity contribution is 5.97. The summed E-state index contributed by atoms with van der Waals surface area (Å²) in [7, 11) is 0. The number of halogens is 3. The van der Waals surface area contributed by atoms with E-state index in [2.05, 4.69) is 10.1 Å². The van der Waals surface area contributed by atoms with E-state index < -0.39 is 29.6 Å². The fourth-order valence-electron chi connectivity index (χ4n) is 1.68. The summed E-state index contributed by atoms with van der Waals surface area (Å²) in [5.74, 6) is -2.04. The van der Waals surface area contributed by atoms with Gasteiger partial charge in [-0.2, -0.15) is 8.78 Å². The minimum Gasteiger partial charge on any atom is -0.432 e. The van der Waals surface area contributed by atoms with Crippen molar-refractivity contribution in [2.24, 2.45) is 5.73 Å². The van der Waals surface area contributed by atoms with Gasteiger partial charge in [0.05, 0.1) is 5.54 Å². The maximum Gasteiger partial charge on any atom is 0.387 e. The summed E-state index contributed by atoms with van der Waals surface area (Å²) in [4.78, 5) is 11.9. The van der Waals surface area contributed by atoms with Gasteiger partial charge in [0.25, 0.3) is 0 Å². The third-order valence-electron chi connectivity index (χ3n) is 2.69. The highest BCUT2D eigenvalue weighted by Crippen LogP contribution is 2.23. The zero-order chi connectivity index (χ0) is 15.3. The second kappa shape index (κ2) is 6.60. The van der Waals surface area contributed by atoms with Gasteiger partial charge >= 0.3 is 6.61 Å². The number of hydrogen-bond donors (Lipinski definition) is 2. The summed E-state index contributed by atoms with van der Waals surface area (Å²) in [6, 6.07) is 3.18. The first-order chi connectivity index (χ1) is 9.26. The normalized spacial score (nSPS) is 13.9. The van der Waals surface area contributed by atoms with Crippen LogP contribution in [0.5, 0.6) is 5.75 Å². The van der Waals surface area contributed by atoms with E-state index in [9.17, 15) is 18.0 Å². The molecule has 20 heavy (non-hydrogen) atoms. The number of alkyl halides is 2. The summed E-state index contributed by atoms with van der Waals surface area (Å²) in [6.07, 6.45) is 1.18. The molecule has 4 nitrogen and oxygen atoms in total. The van der Waals surface area contributed by atoms with Crippen molar-refractivity contribution in [1.82, 2.24) is 0 Å². The molecule has 1 amide bonds. The Morgan fingerprint density at radius 2 is 2.15 bits per heavy atom. The van der Waals surface area contributed by atoms with Crippen LogP contribution in [0.4, 0.5) is 18.9 Å². The van der Waals surface area contributed by atoms with Crippen molar-refractivity contribution >= 4 is 11.6 Å². The van der Waals surface area contributed by atoms with Crippen LogP contribution in [0, 0.1) is 5.82 Å². The molecule has 7 heteroatoms. The Morgan fingerprint density at radius 3 is 2.65 bits per heavy atom. The van der Waals surface area contributed by atoms with Crippen LogP contribution in [0.3, 0.4) is 0 Å². The number of rotatable bonds is 6. The number of carbonyl (C=O) groups is 1. The van der Waals surface area contributed by atoms with Gasteiger partial charge < -0.3 is 15.8 Å². The Kier molecular flexibility index (Phi) is 5.38. The van der Waals surface area contributed by atoms with E-state index in [0.29, 0.717) is 6.42 Å². The van der Waals surface area contributed by atoms with Crippen LogP contribution < -0.4 is 15.8 Å². The number of nitrogens with one attached hydrogen (secondary N) is 1. The maximum absolute atomic E-state index is 13.5. The molecule has 1 aromatic carbocycles. The molecule has 0 aliphatic rings. The Bertz CT molecular complexity index is 479. The van der Waals surface area contributed by atoms with Crippen molar-refractivity contribution in [3.63, 3.8) is 0 Å². The second-order valence-electron chi connectivity index (χ2n) is 4.65. The van der Waals surface area contributed by atoms with Crippen LogP contribution in [0.15, 0.2) is 18.2 Å². The zero-order valence-corrected chi connectivity index (χ0v) is 11.3. The first-order valence-electron chi connectivity index (χ1n) is 6.11. The number of ether oxygens (including phenoxy) is 1. The summed E-state index contributed by atoms with van der Waals surface area (Å²) >= 11 is 0. The van der Waals surface area contributed by atoms with Crippen molar-refractivity contribution in [2.45, 2.75) is 38.8 Å². The average Bonchev–Trinajstić information content (AvgIpc) is 2.32. The number of hydrogen-bond acceptors (Lipinski definition) is 3. The fourth-order valence-corrected chi connectivity index (χ4v) is 1.68. The Hall–Kier alpha value is -1.76. The van der Waals surface area contributed by atoms with Gasteiger partial charge in [0.2, 0.25) is 5.91 Å². The molecule has 0 fully saturated rings. The number of carbonyl (C=O) groups excluding carboxylic acids is 1. The van der Waals surface area contributed by atoms with Crippen LogP contribution in [0.25, 0.3) is 0 Å². The summed E-state index contributed by atoms with van der Waals surface area (Å²) < 4.78 is 41.4. The first kappa shape index (κ1) is 16.3. The van der Waals surface area contributed by atoms with Gasteiger partial charge in [-0.3, -0.25) is 4.79 Å². The monoisotopic (exact) mass is 290 g/mol. The molecule has 1 unspecified atom stereocenters. The maximum atomic E-state index is 13.5. The average molecular weight is 290 g/mol. The summed E-state index contributed by atoms with van der Waals surface area (Å²) in [5.41, 5.74) is 4.87. The predicted octanol–water partition coefficient (Wildman–Crippen LogP) is 2.88. The quantitative estimate of drug-likeness (QED) is 0.846. The number of anilines is 1. The molecule has 0 aliphatic heterocycles. The number of nitrogens with two attached hydrogens (primary N) is 1. The summed E-state index contributed by atoms with van der Waals surface area (Å²) in [5, 5.41) is 2.44. The molecule has 3 N–H and O–H groups in total. The highest BCUT2D eigenvalue weighted by Gasteiger charge is 2.27. The standard InChI is InChI=1S/C13H17F3N2O2/c1-3-6-13(2,17)11(19)18-8-4-5-10(9(14)7-8)20-12(15)16/h4-5,7,12H,3,6,17H2,1-2H3,(H,18,19). The van der Waals surface area contributed by atoms with Gasteiger partial charge in [-0.25, -0.2) is 4.39 Å². The van der Waals surface area contributed by atoms with Crippen molar-refractivity contribution in [3.05, 3.63) is 24.0 Å². The Morgan fingerprint density at radius 1 is 1.50 bits per heavy atom. The van der Waals surface area contributed by atoms with Gasteiger partial charge in [0, 0.05) is 11.8 Å². The van der Waals surface area contributed by atoms with E-state index in [1.165, 1.54) is 6.07 Å².